The summed E-state index contributed by atoms with van der Waals surface area (Å²) in [5.74, 6) is -0.557. The van der Waals surface area contributed by atoms with Crippen molar-refractivity contribution in [2.45, 2.75) is 92.2 Å². The molecule has 1 N–H and O–H groups in total. The molecule has 35 heavy (non-hydrogen) atoms. The van der Waals surface area contributed by atoms with Crippen LogP contribution in [0.25, 0.3) is 0 Å². The fourth-order valence-corrected chi connectivity index (χ4v) is 6.16. The second kappa shape index (κ2) is 9.30. The molecule has 0 spiro atoms. The van der Waals surface area contributed by atoms with Crippen LogP contribution in [0, 0.1) is 0 Å². The Hall–Kier alpha value is -1.15. The van der Waals surface area contributed by atoms with Crippen LogP contribution in [0.2, 0.25) is 0 Å². The van der Waals surface area contributed by atoms with E-state index in [0.717, 1.165) is 16.7 Å². The summed E-state index contributed by atoms with van der Waals surface area (Å²) in [6.45, 7) is 15.6. The van der Waals surface area contributed by atoms with Crippen LogP contribution in [-0.4, -0.2) is 60.7 Å². The quantitative estimate of drug-likeness (QED) is 0.218. The van der Waals surface area contributed by atoms with Gasteiger partial charge in [0.2, 0.25) is 3.79 Å². The monoisotopic (exact) mass is 562 g/mol. The zero-order valence-corrected chi connectivity index (χ0v) is 24.4. The average Bonchev–Trinajstić information content (AvgIpc) is 2.92. The van der Waals surface area contributed by atoms with Gasteiger partial charge in [-0.1, -0.05) is 76.3 Å². The van der Waals surface area contributed by atoms with Gasteiger partial charge in [-0.05, 0) is 42.4 Å². The first-order valence-electron chi connectivity index (χ1n) is 11.4. The van der Waals surface area contributed by atoms with Crippen LogP contribution in [0.3, 0.4) is 0 Å². The van der Waals surface area contributed by atoms with Crippen molar-refractivity contribution in [2.75, 3.05) is 6.61 Å². The number of carbonyl (C=O) groups is 2. The molecule has 0 bridgehead atoms. The molecule has 2 saturated heterocycles. The highest BCUT2D eigenvalue weighted by Crippen LogP contribution is 2.52. The maximum absolute atomic E-state index is 13.0. The van der Waals surface area contributed by atoms with Crippen LogP contribution in [0.1, 0.15) is 72.1 Å². The van der Waals surface area contributed by atoms with Crippen molar-refractivity contribution in [1.82, 2.24) is 4.90 Å². The Balaban J connectivity index is 1.86. The van der Waals surface area contributed by atoms with Crippen molar-refractivity contribution >= 4 is 64.7 Å². The van der Waals surface area contributed by atoms with Gasteiger partial charge < -0.3 is 14.7 Å². The number of phenolic OH excluding ortho intramolecular Hbond substituents is 1. The van der Waals surface area contributed by atoms with Crippen LogP contribution < -0.4 is 0 Å². The minimum atomic E-state index is -1.72. The first-order chi connectivity index (χ1) is 15.7. The average molecular weight is 564 g/mol. The van der Waals surface area contributed by atoms with E-state index in [2.05, 4.69) is 4.99 Å². The van der Waals surface area contributed by atoms with E-state index in [4.69, 9.17) is 39.5 Å². The zero-order valence-electron chi connectivity index (χ0n) is 21.3. The van der Waals surface area contributed by atoms with E-state index in [0.29, 0.717) is 0 Å². The van der Waals surface area contributed by atoms with Crippen LogP contribution >= 0.6 is 46.6 Å². The standard InChI is InChI=1S/C25H33Cl3N2O4S/c1-22(2,3)14-9-13(10-15(17(14)31)23(4,5)6)11-29-16-19(32)30-18(24(7,8)35-20(16)30)21(33)34-12-25(26,27)28/h9-11,16,18,20,31H,12H2,1-8H3/t16?,18-,20+/m0/s1. The number of fused-ring (bicyclic) bond motifs is 1. The number of ether oxygens (including phenoxy) is 1. The number of β-lactam (4-membered cyclic amide) rings is 1. The summed E-state index contributed by atoms with van der Waals surface area (Å²) in [7, 11) is 0. The molecule has 2 fully saturated rings. The number of halogens is 3. The number of nitrogens with zero attached hydrogens (tertiary/aromatic N) is 2. The van der Waals surface area contributed by atoms with Crippen molar-refractivity contribution in [1.29, 1.82) is 0 Å². The molecule has 2 aliphatic rings. The Morgan fingerprint density at radius 2 is 1.66 bits per heavy atom. The van der Waals surface area contributed by atoms with Crippen LogP contribution in [-0.2, 0) is 25.2 Å². The van der Waals surface area contributed by atoms with Crippen molar-refractivity contribution in [2.24, 2.45) is 4.99 Å². The van der Waals surface area contributed by atoms with Gasteiger partial charge in [0.15, 0.2) is 6.04 Å². The van der Waals surface area contributed by atoms with Crippen molar-refractivity contribution in [3.8, 4) is 5.75 Å². The number of thioether (sulfide) groups is 1. The number of benzene rings is 1. The predicted molar refractivity (Wildman–Crippen MR) is 144 cm³/mol. The van der Waals surface area contributed by atoms with Crippen molar-refractivity contribution in [3.63, 3.8) is 0 Å². The van der Waals surface area contributed by atoms with E-state index in [9.17, 15) is 14.7 Å². The van der Waals surface area contributed by atoms with Crippen molar-refractivity contribution in [3.05, 3.63) is 28.8 Å². The zero-order chi connectivity index (χ0) is 26.7. The molecule has 6 nitrogen and oxygen atoms in total. The van der Waals surface area contributed by atoms with E-state index in [-0.39, 0.29) is 27.9 Å². The Kier molecular flexibility index (Phi) is 7.55. The Morgan fingerprint density at radius 1 is 1.14 bits per heavy atom. The third kappa shape index (κ3) is 5.89. The summed E-state index contributed by atoms with van der Waals surface area (Å²) < 4.78 is 2.87. The summed E-state index contributed by atoms with van der Waals surface area (Å²) in [5, 5.41) is 10.6. The maximum Gasteiger partial charge on any atom is 0.330 e. The molecule has 0 aromatic heterocycles. The molecule has 0 aliphatic carbocycles. The highest BCUT2D eigenvalue weighted by molar-refractivity contribution is 8.01. The predicted octanol–water partition coefficient (Wildman–Crippen LogP) is 5.75. The number of rotatable bonds is 4. The third-order valence-corrected chi connectivity index (χ3v) is 8.03. The summed E-state index contributed by atoms with van der Waals surface area (Å²) in [4.78, 5) is 31.9. The lowest BCUT2D eigenvalue weighted by Gasteiger charge is -2.41. The minimum Gasteiger partial charge on any atom is -0.507 e. The second-order valence-corrected chi connectivity index (χ2v) is 16.0. The third-order valence-electron chi connectivity index (χ3n) is 6.15. The number of amides is 1. The number of phenols is 1. The summed E-state index contributed by atoms with van der Waals surface area (Å²) in [6.07, 6.45) is 1.69. The molecule has 10 heteroatoms. The number of esters is 1. The number of carbonyl (C=O) groups excluding carboxylic acids is 2. The second-order valence-electron chi connectivity index (χ2n) is 11.7. The van der Waals surface area contributed by atoms with E-state index >= 15 is 0 Å². The van der Waals surface area contributed by atoms with Crippen molar-refractivity contribution < 1.29 is 19.4 Å². The van der Waals surface area contributed by atoms with Gasteiger partial charge in [0.05, 0.1) is 0 Å². The fraction of sp³-hybridized carbons (Fsp3) is 0.640. The summed E-state index contributed by atoms with van der Waals surface area (Å²) >= 11 is 18.6. The van der Waals surface area contributed by atoms with Gasteiger partial charge in [-0.15, -0.1) is 11.8 Å². The number of hydrogen-bond donors (Lipinski definition) is 1. The molecule has 2 aliphatic heterocycles. The summed E-state index contributed by atoms with van der Waals surface area (Å²) in [6, 6.07) is 2.42. The molecule has 194 valence electrons. The Labute approximate surface area is 226 Å². The highest BCUT2D eigenvalue weighted by atomic mass is 35.6. The van der Waals surface area contributed by atoms with Gasteiger partial charge in [0.25, 0.3) is 5.91 Å². The highest BCUT2D eigenvalue weighted by Gasteiger charge is 2.64. The van der Waals surface area contributed by atoms with Crippen LogP contribution in [0.15, 0.2) is 17.1 Å². The molecule has 1 aromatic rings. The molecular weight excluding hydrogens is 531 g/mol. The van der Waals surface area contributed by atoms with Gasteiger partial charge in [0.1, 0.15) is 23.8 Å². The molecule has 0 saturated carbocycles. The molecule has 0 radical (unpaired) electrons. The van der Waals surface area contributed by atoms with Gasteiger partial charge >= 0.3 is 5.97 Å². The number of aromatic hydroxyl groups is 1. The molecule has 2 heterocycles. The first-order valence-corrected chi connectivity index (χ1v) is 13.4. The van der Waals surface area contributed by atoms with Gasteiger partial charge in [-0.25, -0.2) is 4.79 Å². The lowest BCUT2D eigenvalue weighted by molar-refractivity contribution is -0.162. The van der Waals surface area contributed by atoms with Crippen LogP contribution in [0.4, 0.5) is 0 Å². The molecule has 1 unspecified atom stereocenters. The van der Waals surface area contributed by atoms with E-state index < -0.39 is 33.2 Å². The number of alkyl halides is 3. The fourth-order valence-electron chi connectivity index (χ4n) is 4.38. The van der Waals surface area contributed by atoms with E-state index in [1.165, 1.54) is 16.7 Å². The van der Waals surface area contributed by atoms with Gasteiger partial charge in [-0.2, -0.15) is 0 Å². The molecule has 1 aromatic carbocycles. The lowest BCUT2D eigenvalue weighted by Crippen LogP contribution is -2.65. The molecule has 1 amide bonds. The maximum atomic E-state index is 13.0. The van der Waals surface area contributed by atoms with Gasteiger partial charge in [-0.3, -0.25) is 9.79 Å². The SMILES string of the molecule is CC(C)(C)c1cc(C=NC2C(=O)N3[C@@H]2SC(C)(C)[C@@H]3C(=O)OCC(Cl)(Cl)Cl)cc(C(C)(C)C)c1O. The minimum absolute atomic E-state index is 0.244. The normalized spacial score (nSPS) is 24.5. The smallest absolute Gasteiger partial charge is 0.330 e. The molecule has 3 rings (SSSR count). The topological polar surface area (TPSA) is 79.2 Å². The van der Waals surface area contributed by atoms with E-state index in [1.54, 1.807) is 6.21 Å². The van der Waals surface area contributed by atoms with Crippen LogP contribution in [0.5, 0.6) is 5.75 Å². The lowest BCUT2D eigenvalue weighted by atomic mass is 9.78. The number of hydrogen-bond acceptors (Lipinski definition) is 6. The Morgan fingerprint density at radius 3 is 2.11 bits per heavy atom. The number of aliphatic imine (C=N–C) groups is 1. The van der Waals surface area contributed by atoms with E-state index in [1.807, 2.05) is 67.5 Å². The van der Waals surface area contributed by atoms with Gasteiger partial charge in [0, 0.05) is 22.1 Å². The first kappa shape index (κ1) is 28.4. The molecular formula is C25H33Cl3N2O4S. The summed E-state index contributed by atoms with van der Waals surface area (Å²) in [5.41, 5.74) is 1.90. The largest absolute Gasteiger partial charge is 0.507 e. The Bertz CT molecular complexity index is 1020. The molecule has 3 atom stereocenters.